The minimum absolute atomic E-state index is 0.107. The van der Waals surface area contributed by atoms with E-state index in [1.165, 1.54) is 18.3 Å². The van der Waals surface area contributed by atoms with Gasteiger partial charge in [-0.1, -0.05) is 28.1 Å². The van der Waals surface area contributed by atoms with Crippen LogP contribution in [0.5, 0.6) is 0 Å². The summed E-state index contributed by atoms with van der Waals surface area (Å²) in [7, 11) is 0. The lowest BCUT2D eigenvalue weighted by Crippen LogP contribution is -2.14. The van der Waals surface area contributed by atoms with Crippen molar-refractivity contribution in [2.75, 3.05) is 5.32 Å². The Morgan fingerprint density at radius 1 is 1.32 bits per heavy atom. The number of nitrogens with one attached hydrogen (secondary N) is 1. The van der Waals surface area contributed by atoms with E-state index < -0.39 is 0 Å². The molecule has 0 bridgehead atoms. The summed E-state index contributed by atoms with van der Waals surface area (Å²) >= 11 is 4.59. The summed E-state index contributed by atoms with van der Waals surface area (Å²) in [4.78, 5) is 26.9. The van der Waals surface area contributed by atoms with Gasteiger partial charge in [-0.25, -0.2) is 4.98 Å². The molecule has 0 saturated heterocycles. The maximum Gasteiger partial charge on any atom is 0.230 e. The van der Waals surface area contributed by atoms with Crippen LogP contribution in [0.15, 0.2) is 34.1 Å². The number of anilines is 1. The van der Waals surface area contributed by atoms with Gasteiger partial charge in [-0.3, -0.25) is 9.59 Å². The van der Waals surface area contributed by atoms with E-state index in [-0.39, 0.29) is 18.1 Å². The largest absolute Gasteiger partial charge is 0.302 e. The topological polar surface area (TPSA) is 59.1 Å². The molecule has 0 atom stereocenters. The second-order valence-corrected chi connectivity index (χ2v) is 5.72. The normalized spacial score (nSPS) is 10.2. The fourth-order valence-electron chi connectivity index (χ4n) is 1.44. The zero-order valence-electron chi connectivity index (χ0n) is 10.1. The van der Waals surface area contributed by atoms with Crippen molar-refractivity contribution in [2.45, 2.75) is 13.3 Å². The smallest absolute Gasteiger partial charge is 0.230 e. The summed E-state index contributed by atoms with van der Waals surface area (Å²) in [6, 6.07) is 7.54. The summed E-state index contributed by atoms with van der Waals surface area (Å²) < 4.78 is 0.975. The Labute approximate surface area is 123 Å². The van der Waals surface area contributed by atoms with Gasteiger partial charge in [0.2, 0.25) is 5.91 Å². The number of carbonyl (C=O) groups is 2. The molecule has 2 rings (SSSR count). The zero-order chi connectivity index (χ0) is 13.8. The standard InChI is InChI=1S/C13H11BrN2O2S/c1-8(17)11-7-19-13(15-11)16-12(18)6-9-2-4-10(14)5-3-9/h2-5,7H,6H2,1H3,(H,15,16,18). The number of amides is 1. The van der Waals surface area contributed by atoms with Gasteiger partial charge in [0.1, 0.15) is 5.69 Å². The highest BCUT2D eigenvalue weighted by molar-refractivity contribution is 9.10. The van der Waals surface area contributed by atoms with Crippen molar-refractivity contribution < 1.29 is 9.59 Å². The van der Waals surface area contributed by atoms with Crippen LogP contribution in [0.25, 0.3) is 0 Å². The van der Waals surface area contributed by atoms with Crippen molar-refractivity contribution in [3.63, 3.8) is 0 Å². The lowest BCUT2D eigenvalue weighted by atomic mass is 10.1. The molecular weight excluding hydrogens is 328 g/mol. The van der Waals surface area contributed by atoms with Crippen molar-refractivity contribution in [3.8, 4) is 0 Å². The Kier molecular flexibility index (Phi) is 4.44. The number of carbonyl (C=O) groups excluding carboxylic acids is 2. The van der Waals surface area contributed by atoms with E-state index in [9.17, 15) is 9.59 Å². The molecule has 19 heavy (non-hydrogen) atoms. The second kappa shape index (κ2) is 6.08. The molecule has 0 aliphatic heterocycles. The Morgan fingerprint density at radius 2 is 2.00 bits per heavy atom. The Hall–Kier alpha value is -1.53. The number of aromatic nitrogens is 1. The zero-order valence-corrected chi connectivity index (χ0v) is 12.5. The fourth-order valence-corrected chi connectivity index (χ4v) is 2.47. The van der Waals surface area contributed by atoms with Crippen LogP contribution in [-0.4, -0.2) is 16.7 Å². The molecule has 0 aliphatic carbocycles. The molecular formula is C13H11BrN2O2S. The maximum absolute atomic E-state index is 11.8. The number of ketones is 1. The first-order chi connectivity index (χ1) is 9.04. The summed E-state index contributed by atoms with van der Waals surface area (Å²) in [5, 5.41) is 4.77. The highest BCUT2D eigenvalue weighted by Gasteiger charge is 2.09. The maximum atomic E-state index is 11.8. The van der Waals surface area contributed by atoms with Crippen molar-refractivity contribution in [1.29, 1.82) is 0 Å². The van der Waals surface area contributed by atoms with Gasteiger partial charge in [-0.15, -0.1) is 11.3 Å². The number of rotatable bonds is 4. The van der Waals surface area contributed by atoms with Crippen molar-refractivity contribution in [1.82, 2.24) is 4.98 Å². The molecule has 0 radical (unpaired) electrons. The van der Waals surface area contributed by atoms with E-state index >= 15 is 0 Å². The SMILES string of the molecule is CC(=O)c1csc(NC(=O)Cc2ccc(Br)cc2)n1. The van der Waals surface area contributed by atoms with Gasteiger partial charge in [0.25, 0.3) is 0 Å². The summed E-state index contributed by atoms with van der Waals surface area (Å²) in [6.45, 7) is 1.45. The van der Waals surface area contributed by atoms with Gasteiger partial charge in [0.05, 0.1) is 6.42 Å². The van der Waals surface area contributed by atoms with Crippen LogP contribution in [0.2, 0.25) is 0 Å². The minimum atomic E-state index is -0.147. The molecule has 98 valence electrons. The Morgan fingerprint density at radius 3 is 2.58 bits per heavy atom. The minimum Gasteiger partial charge on any atom is -0.302 e. The molecule has 1 heterocycles. The number of nitrogens with zero attached hydrogens (tertiary/aromatic N) is 1. The number of hydrogen-bond acceptors (Lipinski definition) is 4. The van der Waals surface area contributed by atoms with Gasteiger partial charge in [0, 0.05) is 16.8 Å². The molecule has 4 nitrogen and oxygen atoms in total. The number of halogens is 1. The molecule has 0 spiro atoms. The summed E-state index contributed by atoms with van der Waals surface area (Å²) in [5.74, 6) is -0.253. The lowest BCUT2D eigenvalue weighted by Gasteiger charge is -2.02. The highest BCUT2D eigenvalue weighted by atomic mass is 79.9. The molecule has 0 fully saturated rings. The summed E-state index contributed by atoms with van der Waals surface area (Å²) in [6.07, 6.45) is 0.280. The lowest BCUT2D eigenvalue weighted by molar-refractivity contribution is -0.115. The van der Waals surface area contributed by atoms with Crippen LogP contribution < -0.4 is 5.32 Å². The average molecular weight is 339 g/mol. The molecule has 0 aliphatic rings. The fraction of sp³-hybridized carbons (Fsp3) is 0.154. The van der Waals surface area contributed by atoms with Gasteiger partial charge in [-0.2, -0.15) is 0 Å². The Bertz CT molecular complexity index is 607. The van der Waals surface area contributed by atoms with E-state index in [4.69, 9.17) is 0 Å². The molecule has 2 aromatic rings. The number of hydrogen-bond donors (Lipinski definition) is 1. The molecule has 0 unspecified atom stereocenters. The average Bonchev–Trinajstić information content (AvgIpc) is 2.80. The first-order valence-corrected chi connectivity index (χ1v) is 7.22. The van der Waals surface area contributed by atoms with E-state index in [0.717, 1.165) is 10.0 Å². The van der Waals surface area contributed by atoms with Crippen LogP contribution in [0, 0.1) is 0 Å². The molecule has 1 aromatic carbocycles. The Balaban J connectivity index is 1.97. The monoisotopic (exact) mass is 338 g/mol. The van der Waals surface area contributed by atoms with E-state index in [1.54, 1.807) is 5.38 Å². The van der Waals surface area contributed by atoms with E-state index in [1.807, 2.05) is 24.3 Å². The molecule has 1 amide bonds. The second-order valence-electron chi connectivity index (χ2n) is 3.95. The van der Waals surface area contributed by atoms with Crippen LogP contribution in [0.4, 0.5) is 5.13 Å². The van der Waals surface area contributed by atoms with Gasteiger partial charge < -0.3 is 5.32 Å². The molecule has 0 saturated carbocycles. The number of benzene rings is 1. The summed E-state index contributed by atoms with van der Waals surface area (Å²) in [5.41, 5.74) is 1.30. The van der Waals surface area contributed by atoms with Crippen molar-refractivity contribution in [3.05, 3.63) is 45.4 Å². The quantitative estimate of drug-likeness (QED) is 0.870. The van der Waals surface area contributed by atoms with Gasteiger partial charge in [0.15, 0.2) is 10.9 Å². The van der Waals surface area contributed by atoms with E-state index in [0.29, 0.717) is 10.8 Å². The van der Waals surface area contributed by atoms with Gasteiger partial charge >= 0.3 is 0 Å². The third-order valence-electron chi connectivity index (χ3n) is 2.39. The van der Waals surface area contributed by atoms with E-state index in [2.05, 4.69) is 26.2 Å². The predicted octanol–water partition coefficient (Wildman–Crippen LogP) is 3.29. The highest BCUT2D eigenvalue weighted by Crippen LogP contribution is 2.16. The van der Waals surface area contributed by atoms with Crippen LogP contribution in [-0.2, 0) is 11.2 Å². The molecule has 1 N–H and O–H groups in total. The van der Waals surface area contributed by atoms with Crippen molar-refractivity contribution >= 4 is 44.1 Å². The first kappa shape index (κ1) is 13.9. The third kappa shape index (κ3) is 3.97. The van der Waals surface area contributed by atoms with Gasteiger partial charge in [-0.05, 0) is 17.7 Å². The first-order valence-electron chi connectivity index (χ1n) is 5.55. The number of Topliss-reactive ketones (excluding diaryl/α,β-unsaturated/α-hetero) is 1. The van der Waals surface area contributed by atoms with Crippen LogP contribution in [0.3, 0.4) is 0 Å². The number of thiazole rings is 1. The van der Waals surface area contributed by atoms with Crippen molar-refractivity contribution in [2.24, 2.45) is 0 Å². The predicted molar refractivity (Wildman–Crippen MR) is 78.6 cm³/mol. The van der Waals surface area contributed by atoms with Crippen LogP contribution >= 0.6 is 27.3 Å². The van der Waals surface area contributed by atoms with Crippen LogP contribution in [0.1, 0.15) is 23.0 Å². The molecule has 6 heteroatoms. The molecule has 1 aromatic heterocycles. The third-order valence-corrected chi connectivity index (χ3v) is 3.68.